The van der Waals surface area contributed by atoms with Crippen molar-refractivity contribution in [3.05, 3.63) is 29.3 Å². The molecule has 17 heavy (non-hydrogen) atoms. The van der Waals surface area contributed by atoms with E-state index in [0.717, 1.165) is 12.1 Å². The summed E-state index contributed by atoms with van der Waals surface area (Å²) in [4.78, 5) is 0. The lowest BCUT2D eigenvalue weighted by atomic mass is 10.1. The number of benzene rings is 1. The van der Waals surface area contributed by atoms with E-state index >= 15 is 0 Å². The van der Waals surface area contributed by atoms with Gasteiger partial charge < -0.3 is 4.74 Å². The lowest BCUT2D eigenvalue weighted by Gasteiger charge is -2.09. The fourth-order valence-corrected chi connectivity index (χ4v) is 1.36. The van der Waals surface area contributed by atoms with Crippen LogP contribution in [-0.4, -0.2) is 12.4 Å². The summed E-state index contributed by atoms with van der Waals surface area (Å²) in [5.74, 6) is 5.59. The molecule has 0 bridgehead atoms. The van der Waals surface area contributed by atoms with Gasteiger partial charge in [0.2, 0.25) is 0 Å². The van der Waals surface area contributed by atoms with Gasteiger partial charge in [-0.25, -0.2) is 0 Å². The summed E-state index contributed by atoms with van der Waals surface area (Å²) in [6.45, 7) is 0. The van der Waals surface area contributed by atoms with Gasteiger partial charge in [-0.1, -0.05) is 27.8 Å². The van der Waals surface area contributed by atoms with Crippen molar-refractivity contribution in [2.75, 3.05) is 12.4 Å². The second-order valence-electron chi connectivity index (χ2n) is 3.19. The molecule has 0 saturated carbocycles. The Balaban J connectivity index is 3.11. The molecule has 0 saturated heterocycles. The summed E-state index contributed by atoms with van der Waals surface area (Å²) < 4.78 is 42.5. The van der Waals surface area contributed by atoms with Gasteiger partial charge in [0.15, 0.2) is 0 Å². The largest absolute Gasteiger partial charge is 0.497 e. The molecule has 0 aliphatic carbocycles. The maximum atomic E-state index is 12.6. The third-order valence-corrected chi connectivity index (χ3v) is 2.32. The van der Waals surface area contributed by atoms with Crippen molar-refractivity contribution in [2.24, 2.45) is 0 Å². The van der Waals surface area contributed by atoms with E-state index in [-0.39, 0.29) is 5.75 Å². The first-order valence-electron chi connectivity index (χ1n) is 4.78. The SMILES string of the molecule is COc1cc(C#CCCBr)cc(C(F)(F)F)c1. The van der Waals surface area contributed by atoms with Crippen molar-refractivity contribution in [1.82, 2.24) is 0 Å². The summed E-state index contributed by atoms with van der Waals surface area (Å²) in [5.41, 5.74) is -0.447. The third kappa shape index (κ3) is 4.31. The van der Waals surface area contributed by atoms with Crippen LogP contribution in [0, 0.1) is 11.8 Å². The lowest BCUT2D eigenvalue weighted by Crippen LogP contribution is -2.05. The van der Waals surface area contributed by atoms with Gasteiger partial charge in [-0.05, 0) is 18.2 Å². The van der Waals surface area contributed by atoms with Crippen molar-refractivity contribution >= 4 is 15.9 Å². The predicted molar refractivity (Wildman–Crippen MR) is 63.3 cm³/mol. The minimum absolute atomic E-state index is 0.156. The van der Waals surface area contributed by atoms with Gasteiger partial charge in [0.25, 0.3) is 0 Å². The summed E-state index contributed by atoms with van der Waals surface area (Å²) >= 11 is 3.19. The summed E-state index contributed by atoms with van der Waals surface area (Å²) in [5, 5.41) is 0.691. The van der Waals surface area contributed by atoms with Gasteiger partial charge in [0.1, 0.15) is 5.75 Å². The highest BCUT2D eigenvalue weighted by Gasteiger charge is 2.31. The second kappa shape index (κ2) is 5.97. The molecule has 0 aliphatic heterocycles. The molecule has 0 fully saturated rings. The Morgan fingerprint density at radius 1 is 1.29 bits per heavy atom. The molecule has 1 aromatic rings. The summed E-state index contributed by atoms with van der Waals surface area (Å²) in [6, 6.07) is 3.45. The van der Waals surface area contributed by atoms with Crippen LogP contribution in [0.5, 0.6) is 5.75 Å². The molecule has 92 valence electrons. The highest BCUT2D eigenvalue weighted by molar-refractivity contribution is 9.09. The standard InChI is InChI=1S/C12H10BrF3O/c1-17-11-7-9(4-2-3-5-13)6-10(8-11)12(14,15)16/h6-8H,3,5H2,1H3. The fourth-order valence-electron chi connectivity index (χ4n) is 1.16. The zero-order valence-corrected chi connectivity index (χ0v) is 10.7. The minimum atomic E-state index is -4.39. The van der Waals surface area contributed by atoms with Crippen LogP contribution in [-0.2, 0) is 6.18 Å². The topological polar surface area (TPSA) is 9.23 Å². The Hall–Kier alpha value is -1.15. The Bertz CT molecular complexity index is 443. The van der Waals surface area contributed by atoms with E-state index in [9.17, 15) is 13.2 Å². The molecule has 0 radical (unpaired) electrons. The number of methoxy groups -OCH3 is 1. The van der Waals surface area contributed by atoms with E-state index in [1.165, 1.54) is 13.2 Å². The maximum Gasteiger partial charge on any atom is 0.416 e. The van der Waals surface area contributed by atoms with Crippen LogP contribution in [0.25, 0.3) is 0 Å². The highest BCUT2D eigenvalue weighted by Crippen LogP contribution is 2.32. The van der Waals surface area contributed by atoms with Crippen LogP contribution < -0.4 is 4.74 Å². The molecule has 0 atom stereocenters. The number of alkyl halides is 4. The number of rotatable bonds is 2. The van der Waals surface area contributed by atoms with E-state index in [1.54, 1.807) is 0 Å². The average molecular weight is 307 g/mol. The smallest absolute Gasteiger partial charge is 0.416 e. The van der Waals surface area contributed by atoms with Crippen LogP contribution in [0.4, 0.5) is 13.2 Å². The predicted octanol–water partition coefficient (Wildman–Crippen LogP) is 3.85. The molecular weight excluding hydrogens is 297 g/mol. The van der Waals surface area contributed by atoms with Crippen molar-refractivity contribution in [2.45, 2.75) is 12.6 Å². The zero-order chi connectivity index (χ0) is 12.9. The zero-order valence-electron chi connectivity index (χ0n) is 9.07. The monoisotopic (exact) mass is 306 g/mol. The molecule has 0 aliphatic rings. The Morgan fingerprint density at radius 3 is 2.53 bits per heavy atom. The quantitative estimate of drug-likeness (QED) is 0.596. The minimum Gasteiger partial charge on any atom is -0.497 e. The Kier molecular flexibility index (Phi) is 4.88. The molecular formula is C12H10BrF3O. The van der Waals surface area contributed by atoms with Gasteiger partial charge >= 0.3 is 6.18 Å². The molecule has 0 N–H and O–H groups in total. The van der Waals surface area contributed by atoms with Gasteiger partial charge in [-0.2, -0.15) is 13.2 Å². The van der Waals surface area contributed by atoms with Crippen LogP contribution in [0.1, 0.15) is 17.5 Å². The molecule has 0 heterocycles. The average Bonchev–Trinajstić information content (AvgIpc) is 2.28. The molecule has 0 aromatic heterocycles. The summed E-state index contributed by atoms with van der Waals surface area (Å²) in [6.07, 6.45) is -3.81. The maximum absolute atomic E-state index is 12.6. The number of hydrogen-bond acceptors (Lipinski definition) is 1. The van der Waals surface area contributed by atoms with Crippen molar-refractivity contribution in [1.29, 1.82) is 0 Å². The molecule has 5 heteroatoms. The van der Waals surface area contributed by atoms with Crippen LogP contribution >= 0.6 is 15.9 Å². The molecule has 0 spiro atoms. The first-order chi connectivity index (χ1) is 7.97. The van der Waals surface area contributed by atoms with Crippen molar-refractivity contribution in [3.63, 3.8) is 0 Å². The number of halogens is 4. The van der Waals surface area contributed by atoms with E-state index < -0.39 is 11.7 Å². The van der Waals surface area contributed by atoms with Gasteiger partial charge in [-0.15, -0.1) is 0 Å². The highest BCUT2D eigenvalue weighted by atomic mass is 79.9. The van der Waals surface area contributed by atoms with Gasteiger partial charge in [0.05, 0.1) is 12.7 Å². The third-order valence-electron chi connectivity index (χ3n) is 1.92. The Morgan fingerprint density at radius 2 is 2.00 bits per heavy atom. The molecule has 1 rings (SSSR count). The van der Waals surface area contributed by atoms with Crippen LogP contribution in [0.2, 0.25) is 0 Å². The molecule has 0 amide bonds. The number of hydrogen-bond donors (Lipinski definition) is 0. The van der Waals surface area contributed by atoms with Crippen molar-refractivity contribution in [3.8, 4) is 17.6 Å². The van der Waals surface area contributed by atoms with Crippen LogP contribution in [0.15, 0.2) is 18.2 Å². The van der Waals surface area contributed by atoms with Gasteiger partial charge in [0, 0.05) is 17.3 Å². The normalized spacial score (nSPS) is 10.6. The van der Waals surface area contributed by atoms with E-state index in [2.05, 4.69) is 27.8 Å². The van der Waals surface area contributed by atoms with Crippen molar-refractivity contribution < 1.29 is 17.9 Å². The lowest BCUT2D eigenvalue weighted by molar-refractivity contribution is -0.137. The van der Waals surface area contributed by atoms with Gasteiger partial charge in [-0.3, -0.25) is 0 Å². The molecule has 1 aromatic carbocycles. The van der Waals surface area contributed by atoms with E-state index in [4.69, 9.17) is 4.74 Å². The van der Waals surface area contributed by atoms with E-state index in [0.29, 0.717) is 17.3 Å². The first-order valence-corrected chi connectivity index (χ1v) is 5.90. The molecule has 1 nitrogen and oxygen atoms in total. The first kappa shape index (κ1) is 13.9. The Labute approximate surface area is 106 Å². The van der Waals surface area contributed by atoms with Crippen LogP contribution in [0.3, 0.4) is 0 Å². The second-order valence-corrected chi connectivity index (χ2v) is 3.98. The molecule has 0 unspecified atom stereocenters. The summed E-state index contributed by atoms with van der Waals surface area (Å²) in [7, 11) is 1.32. The number of ether oxygens (including phenoxy) is 1. The van der Waals surface area contributed by atoms with E-state index in [1.807, 2.05) is 0 Å². The fraction of sp³-hybridized carbons (Fsp3) is 0.333.